The van der Waals surface area contributed by atoms with Gasteiger partial charge < -0.3 is 16.4 Å². The average molecular weight is 273 g/mol. The van der Waals surface area contributed by atoms with Crippen LogP contribution in [-0.2, 0) is 0 Å². The minimum atomic E-state index is -0.0944. The number of nitrogens with one attached hydrogen (secondary N) is 2. The number of carbonyl (C=O) groups excluding carboxylic acids is 1. The van der Waals surface area contributed by atoms with Crippen LogP contribution < -0.4 is 16.4 Å². The summed E-state index contributed by atoms with van der Waals surface area (Å²) in [5.74, 6) is -0.0944. The number of hydrogen-bond donors (Lipinski definition) is 3. The second-order valence-electron chi connectivity index (χ2n) is 5.17. The molecule has 0 unspecified atom stereocenters. The van der Waals surface area contributed by atoms with Crippen molar-refractivity contribution in [1.29, 1.82) is 0 Å². The van der Waals surface area contributed by atoms with Crippen LogP contribution in [0.3, 0.4) is 0 Å². The molecule has 4 nitrogen and oxygen atoms in total. The van der Waals surface area contributed by atoms with Crippen LogP contribution in [0, 0.1) is 0 Å². The van der Waals surface area contributed by atoms with Crippen LogP contribution in [0.2, 0.25) is 0 Å². The summed E-state index contributed by atoms with van der Waals surface area (Å²) in [7, 11) is 1.63. The van der Waals surface area contributed by atoms with Crippen LogP contribution >= 0.6 is 0 Å². The molecule has 0 saturated heterocycles. The monoisotopic (exact) mass is 273 g/mol. The summed E-state index contributed by atoms with van der Waals surface area (Å²) in [6, 6.07) is 5.32. The highest BCUT2D eigenvalue weighted by molar-refractivity contribution is 5.96. The number of carbonyl (C=O) groups is 1. The number of nitrogen functional groups attached to an aromatic ring is 1. The highest BCUT2D eigenvalue weighted by Crippen LogP contribution is 2.22. The van der Waals surface area contributed by atoms with Crippen molar-refractivity contribution in [3.63, 3.8) is 0 Å². The van der Waals surface area contributed by atoms with E-state index in [2.05, 4.69) is 16.7 Å². The lowest BCUT2D eigenvalue weighted by Crippen LogP contribution is -2.18. The summed E-state index contributed by atoms with van der Waals surface area (Å²) in [5.41, 5.74) is 9.61. The molecule has 1 aromatic carbocycles. The average Bonchev–Trinajstić information content (AvgIpc) is 2.49. The normalized spacial score (nSPS) is 14.6. The Balaban J connectivity index is 1.94. The van der Waals surface area contributed by atoms with Crippen LogP contribution in [0.1, 0.15) is 42.5 Å². The summed E-state index contributed by atoms with van der Waals surface area (Å²) in [5, 5.41) is 5.95. The van der Waals surface area contributed by atoms with E-state index in [0.717, 1.165) is 18.7 Å². The van der Waals surface area contributed by atoms with Gasteiger partial charge in [0.25, 0.3) is 5.91 Å². The molecule has 108 valence electrons. The first kappa shape index (κ1) is 14.4. The molecule has 0 radical (unpaired) electrons. The lowest BCUT2D eigenvalue weighted by atomic mass is 9.97. The van der Waals surface area contributed by atoms with Gasteiger partial charge in [-0.1, -0.05) is 11.6 Å². The molecule has 4 heteroatoms. The van der Waals surface area contributed by atoms with Crippen molar-refractivity contribution in [2.45, 2.75) is 32.1 Å². The quantitative estimate of drug-likeness (QED) is 0.571. The van der Waals surface area contributed by atoms with Gasteiger partial charge in [0.1, 0.15) is 0 Å². The number of amides is 1. The van der Waals surface area contributed by atoms with Crippen molar-refractivity contribution in [3.8, 4) is 0 Å². The largest absolute Gasteiger partial charge is 0.397 e. The number of rotatable bonds is 5. The van der Waals surface area contributed by atoms with Gasteiger partial charge in [-0.3, -0.25) is 4.79 Å². The zero-order valence-corrected chi connectivity index (χ0v) is 12.0. The molecular formula is C16H23N3O. The molecule has 1 amide bonds. The van der Waals surface area contributed by atoms with Crippen molar-refractivity contribution in [1.82, 2.24) is 5.32 Å². The summed E-state index contributed by atoms with van der Waals surface area (Å²) < 4.78 is 0. The number of nitrogens with two attached hydrogens (primary N) is 1. The van der Waals surface area contributed by atoms with Crippen molar-refractivity contribution < 1.29 is 4.79 Å². The fraction of sp³-hybridized carbons (Fsp3) is 0.438. The maximum atomic E-state index is 11.6. The molecule has 4 N–H and O–H groups in total. The fourth-order valence-corrected chi connectivity index (χ4v) is 2.48. The molecule has 2 rings (SSSR count). The second-order valence-corrected chi connectivity index (χ2v) is 5.17. The van der Waals surface area contributed by atoms with E-state index in [0.29, 0.717) is 11.3 Å². The van der Waals surface area contributed by atoms with E-state index in [-0.39, 0.29) is 5.91 Å². The Morgan fingerprint density at radius 1 is 1.35 bits per heavy atom. The molecule has 0 saturated carbocycles. The molecule has 0 fully saturated rings. The third-order valence-electron chi connectivity index (χ3n) is 3.69. The Labute approximate surface area is 120 Å². The van der Waals surface area contributed by atoms with Gasteiger partial charge in [0, 0.05) is 19.2 Å². The Morgan fingerprint density at radius 3 is 2.90 bits per heavy atom. The van der Waals surface area contributed by atoms with E-state index in [9.17, 15) is 4.79 Å². The Kier molecular flexibility index (Phi) is 5.04. The lowest BCUT2D eigenvalue weighted by molar-refractivity contribution is 0.0963. The minimum absolute atomic E-state index is 0.0944. The molecule has 1 aromatic rings. The number of allylic oxidation sites excluding steroid dienone is 1. The number of benzene rings is 1. The molecule has 20 heavy (non-hydrogen) atoms. The van der Waals surface area contributed by atoms with Gasteiger partial charge in [-0.15, -0.1) is 0 Å². The highest BCUT2D eigenvalue weighted by atomic mass is 16.1. The first-order valence-corrected chi connectivity index (χ1v) is 7.24. The number of hydrogen-bond acceptors (Lipinski definition) is 3. The van der Waals surface area contributed by atoms with Gasteiger partial charge in [-0.05, 0) is 50.3 Å². The standard InChI is InChI=1S/C16H23N3O/c1-18-16(20)13-7-8-14(17)15(11-13)19-10-9-12-5-3-2-4-6-12/h5,7-8,11,19H,2-4,6,9-10,17H2,1H3,(H,18,20). The first-order chi connectivity index (χ1) is 9.70. The molecule has 0 heterocycles. The summed E-state index contributed by atoms with van der Waals surface area (Å²) in [6.07, 6.45) is 8.45. The van der Waals surface area contributed by atoms with E-state index < -0.39 is 0 Å². The molecule has 0 spiro atoms. The van der Waals surface area contributed by atoms with Crippen LogP contribution in [0.5, 0.6) is 0 Å². The van der Waals surface area contributed by atoms with Crippen molar-refractivity contribution in [2.75, 3.05) is 24.6 Å². The van der Waals surface area contributed by atoms with Gasteiger partial charge in [0.15, 0.2) is 0 Å². The Morgan fingerprint density at radius 2 is 2.20 bits per heavy atom. The zero-order valence-electron chi connectivity index (χ0n) is 12.0. The zero-order chi connectivity index (χ0) is 14.4. The summed E-state index contributed by atoms with van der Waals surface area (Å²) in [6.45, 7) is 0.854. The summed E-state index contributed by atoms with van der Waals surface area (Å²) >= 11 is 0. The smallest absolute Gasteiger partial charge is 0.251 e. The van der Waals surface area contributed by atoms with Gasteiger partial charge in [-0.2, -0.15) is 0 Å². The van der Waals surface area contributed by atoms with Crippen LogP contribution in [0.4, 0.5) is 11.4 Å². The molecule has 0 atom stereocenters. The predicted molar refractivity (Wildman–Crippen MR) is 83.9 cm³/mol. The molecule has 0 bridgehead atoms. The minimum Gasteiger partial charge on any atom is -0.397 e. The lowest BCUT2D eigenvalue weighted by Gasteiger charge is -2.15. The molecule has 0 aliphatic heterocycles. The number of anilines is 2. The van der Waals surface area contributed by atoms with Crippen LogP contribution in [0.15, 0.2) is 29.8 Å². The van der Waals surface area contributed by atoms with Crippen LogP contribution in [0.25, 0.3) is 0 Å². The van der Waals surface area contributed by atoms with E-state index in [1.165, 1.54) is 31.3 Å². The third-order valence-corrected chi connectivity index (χ3v) is 3.69. The Bertz CT molecular complexity index is 508. The highest BCUT2D eigenvalue weighted by Gasteiger charge is 2.07. The fourth-order valence-electron chi connectivity index (χ4n) is 2.48. The second kappa shape index (κ2) is 6.98. The topological polar surface area (TPSA) is 67.2 Å². The third kappa shape index (κ3) is 3.76. The van der Waals surface area contributed by atoms with Gasteiger partial charge in [0.05, 0.1) is 11.4 Å². The van der Waals surface area contributed by atoms with Crippen molar-refractivity contribution in [3.05, 3.63) is 35.4 Å². The first-order valence-electron chi connectivity index (χ1n) is 7.24. The predicted octanol–water partition coefficient (Wildman–Crippen LogP) is 2.93. The molecular weight excluding hydrogens is 250 g/mol. The van der Waals surface area contributed by atoms with Gasteiger partial charge in [0.2, 0.25) is 0 Å². The van der Waals surface area contributed by atoms with Crippen molar-refractivity contribution in [2.24, 2.45) is 0 Å². The molecule has 1 aliphatic carbocycles. The van der Waals surface area contributed by atoms with E-state index in [1.54, 1.807) is 19.2 Å². The van der Waals surface area contributed by atoms with Crippen molar-refractivity contribution >= 4 is 17.3 Å². The maximum Gasteiger partial charge on any atom is 0.251 e. The van der Waals surface area contributed by atoms with E-state index >= 15 is 0 Å². The van der Waals surface area contributed by atoms with E-state index in [4.69, 9.17) is 5.73 Å². The van der Waals surface area contributed by atoms with Gasteiger partial charge in [-0.25, -0.2) is 0 Å². The summed E-state index contributed by atoms with van der Waals surface area (Å²) in [4.78, 5) is 11.6. The van der Waals surface area contributed by atoms with Gasteiger partial charge >= 0.3 is 0 Å². The van der Waals surface area contributed by atoms with Crippen LogP contribution in [-0.4, -0.2) is 19.5 Å². The maximum absolute atomic E-state index is 11.6. The van der Waals surface area contributed by atoms with E-state index in [1.807, 2.05) is 6.07 Å². The molecule has 0 aromatic heterocycles. The molecule has 1 aliphatic rings. The Hall–Kier alpha value is -1.97. The SMILES string of the molecule is CNC(=O)c1ccc(N)c(NCCC2=CCCCC2)c1.